The van der Waals surface area contributed by atoms with Gasteiger partial charge in [0.05, 0.1) is 10.7 Å². The topological polar surface area (TPSA) is 28.2 Å². The molecule has 2 heterocycles. The summed E-state index contributed by atoms with van der Waals surface area (Å²) >= 11 is 6.19. The van der Waals surface area contributed by atoms with Crippen LogP contribution in [0.2, 0.25) is 5.02 Å². The molecule has 4 heteroatoms. The van der Waals surface area contributed by atoms with Crippen LogP contribution in [0.25, 0.3) is 0 Å². The van der Waals surface area contributed by atoms with E-state index < -0.39 is 0 Å². The molecule has 1 atom stereocenters. The van der Waals surface area contributed by atoms with Gasteiger partial charge in [0.25, 0.3) is 0 Å². The molecule has 1 saturated heterocycles. The average Bonchev–Trinajstić information content (AvgIpc) is 2.68. The maximum atomic E-state index is 6.19. The van der Waals surface area contributed by atoms with Gasteiger partial charge >= 0.3 is 0 Å². The zero-order valence-corrected chi connectivity index (χ0v) is 13.4. The molecule has 0 radical (unpaired) electrons. The highest BCUT2D eigenvalue weighted by Crippen LogP contribution is 2.26. The first-order valence-electron chi connectivity index (χ1n) is 7.79. The molecule has 2 rings (SSSR count). The van der Waals surface area contributed by atoms with Crippen LogP contribution in [0.3, 0.4) is 0 Å². The lowest BCUT2D eigenvalue weighted by molar-refractivity contribution is 0.435. The number of aromatic nitrogens is 1. The summed E-state index contributed by atoms with van der Waals surface area (Å²) in [4.78, 5) is 7.15. The minimum Gasteiger partial charge on any atom is -0.357 e. The lowest BCUT2D eigenvalue weighted by Gasteiger charge is -2.22. The van der Waals surface area contributed by atoms with Gasteiger partial charge in [0.15, 0.2) is 0 Å². The minimum atomic E-state index is 0.721. The average molecular weight is 296 g/mol. The van der Waals surface area contributed by atoms with E-state index >= 15 is 0 Å². The van der Waals surface area contributed by atoms with Crippen molar-refractivity contribution in [2.75, 3.05) is 25.0 Å². The molecule has 0 bridgehead atoms. The third-order valence-electron chi connectivity index (χ3n) is 4.12. The highest BCUT2D eigenvalue weighted by Gasteiger charge is 2.18. The van der Waals surface area contributed by atoms with Crippen molar-refractivity contribution in [3.8, 4) is 0 Å². The second-order valence-electron chi connectivity index (χ2n) is 5.70. The number of pyridine rings is 1. The number of halogens is 1. The van der Waals surface area contributed by atoms with E-state index in [0.717, 1.165) is 42.1 Å². The van der Waals surface area contributed by atoms with Gasteiger partial charge < -0.3 is 10.2 Å². The lowest BCUT2D eigenvalue weighted by Crippen LogP contribution is -2.25. The molecule has 1 fully saturated rings. The van der Waals surface area contributed by atoms with E-state index in [1.54, 1.807) is 0 Å². The first-order valence-corrected chi connectivity index (χ1v) is 8.17. The van der Waals surface area contributed by atoms with Crippen molar-refractivity contribution >= 4 is 17.4 Å². The predicted molar refractivity (Wildman–Crippen MR) is 86.5 cm³/mol. The Bertz CT molecular complexity index is 422. The van der Waals surface area contributed by atoms with Gasteiger partial charge in [-0.2, -0.15) is 0 Å². The number of nitrogens with zero attached hydrogens (tertiary/aromatic N) is 2. The minimum absolute atomic E-state index is 0.721. The second kappa shape index (κ2) is 7.84. The number of nitrogens with one attached hydrogen (secondary N) is 1. The Balaban J connectivity index is 2.05. The lowest BCUT2D eigenvalue weighted by atomic mass is 9.96. The molecular weight excluding hydrogens is 270 g/mol. The fourth-order valence-electron chi connectivity index (χ4n) is 3.03. The maximum Gasteiger partial charge on any atom is 0.128 e. The van der Waals surface area contributed by atoms with Crippen LogP contribution in [0.15, 0.2) is 12.1 Å². The predicted octanol–water partition coefficient (Wildman–Crippen LogP) is 3.86. The van der Waals surface area contributed by atoms with Crippen LogP contribution < -0.4 is 10.2 Å². The van der Waals surface area contributed by atoms with Gasteiger partial charge in [-0.05, 0) is 44.4 Å². The zero-order chi connectivity index (χ0) is 14.4. The van der Waals surface area contributed by atoms with Gasteiger partial charge in [0, 0.05) is 19.6 Å². The van der Waals surface area contributed by atoms with Gasteiger partial charge in [-0.3, -0.25) is 0 Å². The van der Waals surface area contributed by atoms with E-state index in [4.69, 9.17) is 16.6 Å². The van der Waals surface area contributed by atoms with E-state index in [0.29, 0.717) is 0 Å². The molecule has 1 aromatic rings. The Morgan fingerprint density at radius 2 is 2.20 bits per heavy atom. The van der Waals surface area contributed by atoms with Crippen LogP contribution in [-0.4, -0.2) is 25.1 Å². The SMILES string of the molecule is CCCC1CCCN(c2ccc(Cl)c(CNC)n2)CC1. The molecule has 0 aromatic carbocycles. The molecule has 1 aliphatic heterocycles. The highest BCUT2D eigenvalue weighted by atomic mass is 35.5. The Labute approximate surface area is 127 Å². The largest absolute Gasteiger partial charge is 0.357 e. The monoisotopic (exact) mass is 295 g/mol. The van der Waals surface area contributed by atoms with Crippen LogP contribution in [0.5, 0.6) is 0 Å². The molecular formula is C16H26ClN3. The number of hydrogen-bond donors (Lipinski definition) is 1. The maximum absolute atomic E-state index is 6.19. The summed E-state index contributed by atoms with van der Waals surface area (Å²) in [7, 11) is 1.92. The Morgan fingerprint density at radius 1 is 1.35 bits per heavy atom. The first kappa shape index (κ1) is 15.6. The van der Waals surface area contributed by atoms with Crippen molar-refractivity contribution in [1.82, 2.24) is 10.3 Å². The van der Waals surface area contributed by atoms with Crippen molar-refractivity contribution < 1.29 is 0 Å². The Hall–Kier alpha value is -0.800. The summed E-state index contributed by atoms with van der Waals surface area (Å²) in [5, 5.41) is 3.88. The van der Waals surface area contributed by atoms with Crippen LogP contribution in [0.1, 0.15) is 44.7 Å². The Kier molecular flexibility index (Phi) is 6.11. The van der Waals surface area contributed by atoms with Crippen molar-refractivity contribution in [2.24, 2.45) is 5.92 Å². The fourth-order valence-corrected chi connectivity index (χ4v) is 3.20. The van der Waals surface area contributed by atoms with Crippen molar-refractivity contribution in [1.29, 1.82) is 0 Å². The molecule has 0 saturated carbocycles. The van der Waals surface area contributed by atoms with E-state index in [9.17, 15) is 0 Å². The van der Waals surface area contributed by atoms with Crippen LogP contribution in [-0.2, 0) is 6.54 Å². The fraction of sp³-hybridized carbons (Fsp3) is 0.688. The van der Waals surface area contributed by atoms with Gasteiger partial charge in [-0.15, -0.1) is 0 Å². The summed E-state index contributed by atoms with van der Waals surface area (Å²) in [6, 6.07) is 4.03. The van der Waals surface area contributed by atoms with Crippen LogP contribution in [0, 0.1) is 5.92 Å². The quantitative estimate of drug-likeness (QED) is 0.894. The molecule has 3 nitrogen and oxygen atoms in total. The molecule has 112 valence electrons. The third-order valence-corrected chi connectivity index (χ3v) is 4.46. The Morgan fingerprint density at radius 3 is 2.95 bits per heavy atom. The van der Waals surface area contributed by atoms with Gasteiger partial charge in [0.1, 0.15) is 5.82 Å². The smallest absolute Gasteiger partial charge is 0.128 e. The molecule has 0 spiro atoms. The van der Waals surface area contributed by atoms with Crippen LogP contribution in [0.4, 0.5) is 5.82 Å². The van der Waals surface area contributed by atoms with Crippen molar-refractivity contribution in [2.45, 2.75) is 45.6 Å². The van der Waals surface area contributed by atoms with E-state index in [2.05, 4.69) is 23.2 Å². The molecule has 0 aliphatic carbocycles. The zero-order valence-electron chi connectivity index (χ0n) is 12.7. The van der Waals surface area contributed by atoms with Gasteiger partial charge in [-0.1, -0.05) is 31.4 Å². The highest BCUT2D eigenvalue weighted by molar-refractivity contribution is 6.31. The van der Waals surface area contributed by atoms with Gasteiger partial charge in [0.2, 0.25) is 0 Å². The standard InChI is InChI=1S/C16H26ClN3/c1-3-5-13-6-4-10-20(11-9-13)16-8-7-14(17)15(19-16)12-18-2/h7-8,13,18H,3-6,9-12H2,1-2H3. The number of anilines is 1. The van der Waals surface area contributed by atoms with Crippen molar-refractivity contribution in [3.05, 3.63) is 22.8 Å². The first-order chi connectivity index (χ1) is 9.74. The number of rotatable bonds is 5. The molecule has 0 amide bonds. The number of hydrogen-bond acceptors (Lipinski definition) is 3. The van der Waals surface area contributed by atoms with Crippen LogP contribution >= 0.6 is 11.6 Å². The molecule has 1 aliphatic rings. The normalized spacial score (nSPS) is 19.9. The van der Waals surface area contributed by atoms with Gasteiger partial charge in [-0.25, -0.2) is 4.98 Å². The summed E-state index contributed by atoms with van der Waals surface area (Å²) in [6.45, 7) is 5.25. The molecule has 20 heavy (non-hydrogen) atoms. The van der Waals surface area contributed by atoms with E-state index in [1.807, 2.05) is 13.1 Å². The second-order valence-corrected chi connectivity index (χ2v) is 6.11. The molecule has 1 N–H and O–H groups in total. The summed E-state index contributed by atoms with van der Waals surface area (Å²) in [5.74, 6) is 1.98. The summed E-state index contributed by atoms with van der Waals surface area (Å²) < 4.78 is 0. The summed E-state index contributed by atoms with van der Waals surface area (Å²) in [6.07, 6.45) is 6.60. The molecule has 1 unspecified atom stereocenters. The third kappa shape index (κ3) is 4.10. The van der Waals surface area contributed by atoms with E-state index in [1.165, 1.54) is 32.1 Å². The molecule has 1 aromatic heterocycles. The van der Waals surface area contributed by atoms with E-state index in [-0.39, 0.29) is 0 Å². The summed E-state index contributed by atoms with van der Waals surface area (Å²) in [5.41, 5.74) is 0.945. The van der Waals surface area contributed by atoms with Crippen molar-refractivity contribution in [3.63, 3.8) is 0 Å².